The van der Waals surface area contributed by atoms with E-state index in [1.54, 1.807) is 0 Å². The normalized spacial score (nSPS) is 26.4. The minimum atomic E-state index is -0.495. The summed E-state index contributed by atoms with van der Waals surface area (Å²) in [4.78, 5) is 15.4. The number of ether oxygens (including phenoxy) is 3. The van der Waals surface area contributed by atoms with Crippen LogP contribution in [0.15, 0.2) is 29.6 Å². The molecule has 1 aliphatic carbocycles. The highest BCUT2D eigenvalue weighted by atomic mass is 32.1. The molecule has 0 radical (unpaired) electrons. The Morgan fingerprint density at radius 1 is 1.12 bits per heavy atom. The van der Waals surface area contributed by atoms with E-state index in [1.807, 2.05) is 23.5 Å². The van der Waals surface area contributed by atoms with Crippen molar-refractivity contribution in [1.29, 1.82) is 0 Å². The van der Waals surface area contributed by atoms with Gasteiger partial charge in [0.15, 0.2) is 17.7 Å². The van der Waals surface area contributed by atoms with Gasteiger partial charge < -0.3 is 24.4 Å². The number of rotatable bonds is 6. The van der Waals surface area contributed by atoms with Crippen molar-refractivity contribution in [3.05, 3.63) is 45.6 Å². The van der Waals surface area contributed by atoms with Crippen LogP contribution in [-0.4, -0.2) is 42.8 Å². The van der Waals surface area contributed by atoms with E-state index in [2.05, 4.69) is 27.7 Å². The molecule has 2 aromatic rings. The van der Waals surface area contributed by atoms with E-state index in [0.717, 1.165) is 100 Å². The van der Waals surface area contributed by atoms with Crippen LogP contribution >= 0.6 is 11.3 Å². The van der Waals surface area contributed by atoms with Gasteiger partial charge in [0.1, 0.15) is 0 Å². The van der Waals surface area contributed by atoms with Gasteiger partial charge in [-0.3, -0.25) is 4.79 Å². The van der Waals surface area contributed by atoms with Gasteiger partial charge >= 0.3 is 0 Å². The number of hydrogen-bond acceptors (Lipinski definition) is 6. The summed E-state index contributed by atoms with van der Waals surface area (Å²) >= 11 is 1.85. The van der Waals surface area contributed by atoms with E-state index in [1.165, 1.54) is 11.3 Å². The first-order valence-corrected chi connectivity index (χ1v) is 13.7. The number of nitrogens with one attached hydrogen (secondary N) is 1. The Balaban J connectivity index is 1.16. The molecule has 1 aromatic carbocycles. The van der Waals surface area contributed by atoms with Gasteiger partial charge in [0.25, 0.3) is 5.79 Å². The van der Waals surface area contributed by atoms with E-state index in [4.69, 9.17) is 14.2 Å². The van der Waals surface area contributed by atoms with E-state index >= 15 is 0 Å². The molecule has 1 spiro atoms. The minimum Gasteiger partial charge on any atom is -0.448 e. The largest absolute Gasteiger partial charge is 0.448 e. The topological polar surface area (TPSA) is 60.0 Å². The maximum absolute atomic E-state index is 11.4. The molecular weight excluding hydrogens is 448 g/mol. The Labute approximate surface area is 205 Å². The molecule has 6 nitrogen and oxygen atoms in total. The summed E-state index contributed by atoms with van der Waals surface area (Å²) in [6.45, 7) is 3.33. The predicted octanol–water partition coefficient (Wildman–Crippen LogP) is 4.82. The molecule has 1 aromatic heterocycles. The summed E-state index contributed by atoms with van der Waals surface area (Å²) in [5, 5.41) is 5.07. The number of piperidine rings is 1. The van der Waals surface area contributed by atoms with Crippen molar-refractivity contribution in [3.63, 3.8) is 0 Å². The molecule has 3 aliphatic heterocycles. The number of nitrogens with zero attached hydrogens (tertiary/aromatic N) is 1. The van der Waals surface area contributed by atoms with Crippen molar-refractivity contribution in [2.24, 2.45) is 5.92 Å². The molecule has 1 saturated heterocycles. The van der Waals surface area contributed by atoms with Crippen molar-refractivity contribution < 1.29 is 19.0 Å². The van der Waals surface area contributed by atoms with Crippen LogP contribution in [0.2, 0.25) is 0 Å². The highest BCUT2D eigenvalue weighted by molar-refractivity contribution is 7.09. The van der Waals surface area contributed by atoms with Crippen LogP contribution in [0.3, 0.4) is 0 Å². The van der Waals surface area contributed by atoms with Gasteiger partial charge in [-0.15, -0.1) is 11.3 Å². The summed E-state index contributed by atoms with van der Waals surface area (Å²) in [7, 11) is 0. The zero-order chi connectivity index (χ0) is 23.0. The first-order chi connectivity index (χ1) is 16.7. The third-order valence-corrected chi connectivity index (χ3v) is 9.03. The maximum atomic E-state index is 11.4. The molecule has 4 heterocycles. The Kier molecular flexibility index (Phi) is 6.26. The van der Waals surface area contributed by atoms with Crippen LogP contribution in [-0.2, 0) is 22.4 Å². The van der Waals surface area contributed by atoms with Gasteiger partial charge in [-0.05, 0) is 68.6 Å². The number of thiophene rings is 1. The molecular formula is C27H34N2O4S. The summed E-state index contributed by atoms with van der Waals surface area (Å²) < 4.78 is 19.5. The summed E-state index contributed by atoms with van der Waals surface area (Å²) in [6.07, 6.45) is 9.98. The molecule has 4 aliphatic rings. The first-order valence-electron chi connectivity index (χ1n) is 12.9. The second-order valence-electron chi connectivity index (χ2n) is 10.2. The number of fused-ring (bicyclic) bond motifs is 3. The van der Waals surface area contributed by atoms with Crippen molar-refractivity contribution >= 4 is 17.7 Å². The Morgan fingerprint density at radius 2 is 1.97 bits per heavy atom. The highest BCUT2D eigenvalue weighted by Crippen LogP contribution is 2.51. The number of carbonyl (C=O) groups excluding carboxylic acids is 1. The van der Waals surface area contributed by atoms with E-state index < -0.39 is 12.0 Å². The fourth-order valence-corrected chi connectivity index (χ4v) is 6.91. The standard InChI is InChI=1S/C27H34N2O4S/c30-18-28-26-21-6-7-23-25(33-27(32-23)11-2-1-3-12-27)22(21)17-24(31-26)19-8-13-29(14-9-19)15-10-20-5-4-16-34-20/h4-7,16,18-19,24,26H,1-3,8-15,17H2,(H,28,30)/t24-,26+/m1/s1. The summed E-state index contributed by atoms with van der Waals surface area (Å²) in [5.74, 6) is 1.72. The average Bonchev–Trinajstić information content (AvgIpc) is 3.51. The number of hydrogen-bond donors (Lipinski definition) is 1. The van der Waals surface area contributed by atoms with Crippen LogP contribution < -0.4 is 14.8 Å². The van der Waals surface area contributed by atoms with Crippen LogP contribution in [0.4, 0.5) is 0 Å². The average molecular weight is 483 g/mol. The Morgan fingerprint density at radius 3 is 2.74 bits per heavy atom. The molecule has 2 atom stereocenters. The molecule has 6 rings (SSSR count). The number of amides is 1. The summed E-state index contributed by atoms with van der Waals surface area (Å²) in [6, 6.07) is 8.40. The van der Waals surface area contributed by atoms with Gasteiger partial charge in [-0.1, -0.05) is 18.6 Å². The fraction of sp³-hybridized carbons (Fsp3) is 0.593. The molecule has 1 saturated carbocycles. The van der Waals surface area contributed by atoms with Gasteiger partial charge in [0, 0.05) is 41.8 Å². The quantitative estimate of drug-likeness (QED) is 0.598. The fourth-order valence-electron chi connectivity index (χ4n) is 6.21. The minimum absolute atomic E-state index is 0.0717. The smallest absolute Gasteiger partial charge is 0.251 e. The van der Waals surface area contributed by atoms with E-state index in [9.17, 15) is 4.79 Å². The third-order valence-electron chi connectivity index (χ3n) is 8.09. The van der Waals surface area contributed by atoms with Crippen LogP contribution in [0.5, 0.6) is 11.5 Å². The second kappa shape index (κ2) is 9.51. The van der Waals surface area contributed by atoms with Gasteiger partial charge in [-0.2, -0.15) is 0 Å². The monoisotopic (exact) mass is 482 g/mol. The molecule has 0 unspecified atom stereocenters. The van der Waals surface area contributed by atoms with Crippen molar-refractivity contribution in [2.45, 2.75) is 75.9 Å². The predicted molar refractivity (Wildman–Crippen MR) is 131 cm³/mol. The number of benzene rings is 1. The maximum Gasteiger partial charge on any atom is 0.251 e. The van der Waals surface area contributed by atoms with Crippen molar-refractivity contribution in [2.75, 3.05) is 19.6 Å². The zero-order valence-corrected chi connectivity index (χ0v) is 20.5. The van der Waals surface area contributed by atoms with Crippen LogP contribution in [0.25, 0.3) is 0 Å². The summed E-state index contributed by atoms with van der Waals surface area (Å²) in [5.41, 5.74) is 2.17. The Hall–Kier alpha value is -2.09. The second-order valence-corrected chi connectivity index (χ2v) is 11.2. The van der Waals surface area contributed by atoms with Gasteiger partial charge in [0.2, 0.25) is 6.41 Å². The third kappa shape index (κ3) is 4.34. The van der Waals surface area contributed by atoms with Crippen molar-refractivity contribution in [3.8, 4) is 11.5 Å². The lowest BCUT2D eigenvalue weighted by atomic mass is 9.84. The van der Waals surface area contributed by atoms with Gasteiger partial charge in [0.05, 0.1) is 6.10 Å². The SMILES string of the molecule is O=CN[C@H]1O[C@@H](C2CCN(CCc3cccs3)CC2)Cc2c1ccc1c2OC2(CCCCC2)O1. The molecule has 7 heteroatoms. The van der Waals surface area contributed by atoms with Gasteiger partial charge in [-0.25, -0.2) is 0 Å². The Bertz CT molecular complexity index is 996. The van der Waals surface area contributed by atoms with E-state index in [-0.39, 0.29) is 6.10 Å². The molecule has 182 valence electrons. The lowest BCUT2D eigenvalue weighted by Gasteiger charge is -2.40. The molecule has 0 bridgehead atoms. The highest BCUT2D eigenvalue weighted by Gasteiger charge is 2.46. The van der Waals surface area contributed by atoms with Crippen LogP contribution in [0, 0.1) is 5.92 Å². The molecule has 2 fully saturated rings. The molecule has 1 amide bonds. The van der Waals surface area contributed by atoms with Crippen LogP contribution in [0.1, 0.15) is 67.2 Å². The van der Waals surface area contributed by atoms with Crippen molar-refractivity contribution in [1.82, 2.24) is 10.2 Å². The zero-order valence-electron chi connectivity index (χ0n) is 19.7. The molecule has 1 N–H and O–H groups in total. The lowest BCUT2D eigenvalue weighted by Crippen LogP contribution is -2.43. The number of likely N-dealkylation sites (tertiary alicyclic amines) is 1. The van der Waals surface area contributed by atoms with E-state index in [0.29, 0.717) is 5.92 Å². The molecule has 34 heavy (non-hydrogen) atoms. The first kappa shape index (κ1) is 22.4. The lowest BCUT2D eigenvalue weighted by molar-refractivity contribution is -0.121. The number of carbonyl (C=O) groups is 1.